The molecule has 3 N–H and O–H groups in total. The predicted octanol–water partition coefficient (Wildman–Crippen LogP) is 6.23. The summed E-state index contributed by atoms with van der Waals surface area (Å²) in [6, 6.07) is 9.99. The highest BCUT2D eigenvalue weighted by molar-refractivity contribution is 9.10. The first-order chi connectivity index (χ1) is 24.9. The largest absolute Gasteiger partial charge is 0.418 e. The number of nitrogens with two attached hydrogens (primary N) is 1. The van der Waals surface area contributed by atoms with Gasteiger partial charge in [-0.15, -0.1) is 0 Å². The van der Waals surface area contributed by atoms with Gasteiger partial charge in [-0.25, -0.2) is 4.79 Å². The number of halogens is 4. The van der Waals surface area contributed by atoms with E-state index in [0.717, 1.165) is 61.3 Å². The lowest BCUT2D eigenvalue weighted by Crippen LogP contribution is -2.46. The number of H-pyrrole nitrogens is 1. The first kappa shape index (κ1) is 36.4. The van der Waals surface area contributed by atoms with E-state index < -0.39 is 23.3 Å². The van der Waals surface area contributed by atoms with Gasteiger partial charge < -0.3 is 25.4 Å². The molecule has 5 heterocycles. The second-order valence-electron chi connectivity index (χ2n) is 14.9. The number of imidazole rings is 1. The van der Waals surface area contributed by atoms with E-state index >= 15 is 0 Å². The molecule has 0 saturated carbocycles. The van der Waals surface area contributed by atoms with Gasteiger partial charge in [-0.2, -0.15) is 13.2 Å². The van der Waals surface area contributed by atoms with Crippen molar-refractivity contribution in [2.24, 2.45) is 17.8 Å². The SMILES string of the molecule is CN1CCC(C2CCN(C(=O)[C@H](CC(=O)N3CCC(n4c(=O)[nH]c5c6ccccc6ncc54)CC3)Cc3cc(Br)c(N)c(C(F)(F)F)c3)CC2)CC1. The van der Waals surface area contributed by atoms with E-state index in [4.69, 9.17) is 5.73 Å². The first-order valence-electron chi connectivity index (χ1n) is 18.3. The quantitative estimate of drug-likeness (QED) is 0.215. The van der Waals surface area contributed by atoms with Crippen molar-refractivity contribution in [3.05, 3.63) is 68.7 Å². The van der Waals surface area contributed by atoms with Gasteiger partial charge in [0.15, 0.2) is 0 Å². The molecule has 3 saturated heterocycles. The Balaban J connectivity index is 1.06. The molecule has 10 nitrogen and oxygen atoms in total. The van der Waals surface area contributed by atoms with Gasteiger partial charge in [0, 0.05) is 48.5 Å². The fraction of sp³-hybridized carbons (Fsp3) is 0.526. The predicted molar refractivity (Wildman–Crippen MR) is 198 cm³/mol. The molecule has 0 unspecified atom stereocenters. The van der Waals surface area contributed by atoms with Crippen LogP contribution in [-0.4, -0.2) is 87.4 Å². The lowest BCUT2D eigenvalue weighted by atomic mass is 9.78. The fourth-order valence-electron chi connectivity index (χ4n) is 8.70. The molecule has 2 aromatic carbocycles. The van der Waals surface area contributed by atoms with Crippen molar-refractivity contribution in [3.8, 4) is 0 Å². The van der Waals surface area contributed by atoms with E-state index in [9.17, 15) is 27.6 Å². The number of carbonyl (C=O) groups is 2. The summed E-state index contributed by atoms with van der Waals surface area (Å²) in [4.78, 5) is 54.7. The lowest BCUT2D eigenvalue weighted by molar-refractivity contribution is -0.143. The maximum absolute atomic E-state index is 14.2. The van der Waals surface area contributed by atoms with Crippen LogP contribution in [0.25, 0.3) is 21.9 Å². The fourth-order valence-corrected chi connectivity index (χ4v) is 9.21. The number of fused-ring (bicyclic) bond motifs is 3. The summed E-state index contributed by atoms with van der Waals surface area (Å²) in [5.41, 5.74) is 6.71. The Morgan fingerprint density at radius 1 is 0.962 bits per heavy atom. The van der Waals surface area contributed by atoms with Crippen LogP contribution >= 0.6 is 15.9 Å². The van der Waals surface area contributed by atoms with Crippen LogP contribution < -0.4 is 11.4 Å². The Labute approximate surface area is 308 Å². The number of pyridine rings is 1. The second-order valence-corrected chi connectivity index (χ2v) is 15.7. The first-order valence-corrected chi connectivity index (χ1v) is 19.0. The minimum absolute atomic E-state index is 0.0242. The highest BCUT2D eigenvalue weighted by Crippen LogP contribution is 2.39. The number of aromatic amines is 1. The Morgan fingerprint density at radius 2 is 1.60 bits per heavy atom. The number of anilines is 1. The molecule has 0 radical (unpaired) electrons. The van der Waals surface area contributed by atoms with E-state index in [1.165, 1.54) is 6.07 Å². The third-order valence-corrected chi connectivity index (χ3v) is 12.3. The molecule has 3 aliphatic heterocycles. The summed E-state index contributed by atoms with van der Waals surface area (Å²) in [5.74, 6) is -0.0745. The molecule has 0 aliphatic carbocycles. The molecule has 0 spiro atoms. The summed E-state index contributed by atoms with van der Waals surface area (Å²) in [6.45, 7) is 4.09. The summed E-state index contributed by atoms with van der Waals surface area (Å²) < 4.78 is 43.6. The van der Waals surface area contributed by atoms with Gasteiger partial charge in [0.1, 0.15) is 0 Å². The van der Waals surface area contributed by atoms with Crippen LogP contribution in [0.1, 0.15) is 62.1 Å². The maximum atomic E-state index is 14.2. The summed E-state index contributed by atoms with van der Waals surface area (Å²) in [7, 11) is 2.14. The highest BCUT2D eigenvalue weighted by Gasteiger charge is 2.37. The number of carbonyl (C=O) groups excluding carboxylic acids is 2. The third kappa shape index (κ3) is 7.46. The number of para-hydroxylation sites is 1. The molecule has 52 heavy (non-hydrogen) atoms. The molecular weight excluding hydrogens is 739 g/mol. The maximum Gasteiger partial charge on any atom is 0.418 e. The molecule has 3 aliphatic rings. The number of benzene rings is 2. The minimum atomic E-state index is -4.67. The smallest absolute Gasteiger partial charge is 0.397 e. The van der Waals surface area contributed by atoms with Gasteiger partial charge in [0.05, 0.1) is 39.9 Å². The number of rotatable bonds is 7. The third-order valence-electron chi connectivity index (χ3n) is 11.7. The zero-order valence-corrected chi connectivity index (χ0v) is 30.9. The molecule has 7 rings (SSSR count). The minimum Gasteiger partial charge on any atom is -0.397 e. The van der Waals surface area contributed by atoms with Crippen LogP contribution in [0.5, 0.6) is 0 Å². The number of alkyl halides is 3. The number of aromatic nitrogens is 3. The Bertz CT molecular complexity index is 2010. The van der Waals surface area contributed by atoms with Crippen LogP contribution in [0, 0.1) is 17.8 Å². The standard InChI is InChI=1S/C38H45BrF3N7O3/c1-46-12-6-24(7-13-46)25-8-14-48(15-9-25)36(51)26(18-23-19-29(38(40,41)42)34(43)30(39)20-23)21-33(50)47-16-10-27(11-17-47)49-32-22-44-31-5-3-2-4-28(31)35(32)45-37(49)52/h2-5,19-20,22,24-27H,6-18,21,43H2,1H3,(H,45,52)/t26-/m0/s1. The van der Waals surface area contributed by atoms with E-state index in [2.05, 4.69) is 37.8 Å². The zero-order valence-electron chi connectivity index (χ0n) is 29.3. The number of likely N-dealkylation sites (tertiary alicyclic amines) is 3. The van der Waals surface area contributed by atoms with E-state index in [-0.39, 0.29) is 40.9 Å². The number of hydrogen-bond acceptors (Lipinski definition) is 6. The molecular formula is C38H45BrF3N7O3. The van der Waals surface area contributed by atoms with E-state index in [0.29, 0.717) is 61.9 Å². The number of hydrogen-bond donors (Lipinski definition) is 2. The monoisotopic (exact) mass is 783 g/mol. The van der Waals surface area contributed by atoms with Gasteiger partial charge in [-0.3, -0.25) is 19.1 Å². The Kier molecular flexibility index (Phi) is 10.4. The number of nitrogens with one attached hydrogen (secondary N) is 1. The summed E-state index contributed by atoms with van der Waals surface area (Å²) in [6.07, 6.45) is 2.04. The highest BCUT2D eigenvalue weighted by atomic mass is 79.9. The van der Waals surface area contributed by atoms with Crippen LogP contribution in [-0.2, 0) is 22.2 Å². The number of piperidine rings is 3. The van der Waals surface area contributed by atoms with Crippen molar-refractivity contribution in [2.45, 2.75) is 63.6 Å². The lowest BCUT2D eigenvalue weighted by Gasteiger charge is -2.40. The molecule has 0 bridgehead atoms. The molecule has 2 amide bonds. The van der Waals surface area contributed by atoms with Crippen molar-refractivity contribution < 1.29 is 22.8 Å². The average molecular weight is 785 g/mol. The van der Waals surface area contributed by atoms with Gasteiger partial charge >= 0.3 is 11.9 Å². The van der Waals surface area contributed by atoms with Gasteiger partial charge in [0.25, 0.3) is 0 Å². The van der Waals surface area contributed by atoms with Crippen molar-refractivity contribution in [1.82, 2.24) is 29.2 Å². The Hall–Kier alpha value is -3.91. The normalized spacial score (nSPS) is 19.5. The average Bonchev–Trinajstić information content (AvgIpc) is 3.48. The summed E-state index contributed by atoms with van der Waals surface area (Å²) in [5, 5.41) is 0.862. The van der Waals surface area contributed by atoms with E-state index in [1.54, 1.807) is 15.7 Å². The molecule has 3 fully saturated rings. The molecule has 14 heteroatoms. The molecule has 2 aromatic heterocycles. The van der Waals surface area contributed by atoms with Gasteiger partial charge in [-0.1, -0.05) is 18.2 Å². The Morgan fingerprint density at radius 3 is 2.27 bits per heavy atom. The van der Waals surface area contributed by atoms with Crippen molar-refractivity contribution in [2.75, 3.05) is 52.0 Å². The zero-order chi connectivity index (χ0) is 36.7. The molecule has 1 atom stereocenters. The van der Waals surface area contributed by atoms with Crippen molar-refractivity contribution >= 4 is 55.4 Å². The summed E-state index contributed by atoms with van der Waals surface area (Å²) >= 11 is 3.18. The van der Waals surface area contributed by atoms with Gasteiger partial charge in [-0.05, 0) is 117 Å². The topological polar surface area (TPSA) is 121 Å². The van der Waals surface area contributed by atoms with Crippen LogP contribution in [0.4, 0.5) is 18.9 Å². The second kappa shape index (κ2) is 14.8. The number of nitrogen functional groups attached to an aromatic ring is 1. The number of amides is 2. The molecule has 278 valence electrons. The van der Waals surface area contributed by atoms with Gasteiger partial charge in [0.2, 0.25) is 11.8 Å². The van der Waals surface area contributed by atoms with Crippen molar-refractivity contribution in [1.29, 1.82) is 0 Å². The van der Waals surface area contributed by atoms with Crippen LogP contribution in [0.2, 0.25) is 0 Å². The van der Waals surface area contributed by atoms with Crippen LogP contribution in [0.3, 0.4) is 0 Å². The number of nitrogens with zero attached hydrogens (tertiary/aromatic N) is 5. The van der Waals surface area contributed by atoms with Crippen molar-refractivity contribution in [3.63, 3.8) is 0 Å². The van der Waals surface area contributed by atoms with E-state index in [1.807, 2.05) is 29.2 Å². The molecule has 4 aromatic rings. The van der Waals surface area contributed by atoms with Crippen LogP contribution in [0.15, 0.2) is 51.9 Å².